The van der Waals surface area contributed by atoms with Crippen LogP contribution in [-0.2, 0) is 6.54 Å². The fourth-order valence-electron chi connectivity index (χ4n) is 2.80. The minimum absolute atomic E-state index is 0.00683. The molecule has 1 fully saturated rings. The molecular formula is C15H21N5O. The van der Waals surface area contributed by atoms with E-state index in [1.807, 2.05) is 6.07 Å². The van der Waals surface area contributed by atoms with Crippen molar-refractivity contribution in [1.29, 1.82) is 0 Å². The first-order valence-electron chi connectivity index (χ1n) is 7.48. The molecule has 112 valence electrons. The van der Waals surface area contributed by atoms with Crippen molar-refractivity contribution in [2.75, 3.05) is 38.1 Å². The van der Waals surface area contributed by atoms with Crippen LogP contribution in [0.25, 0.3) is 11.0 Å². The van der Waals surface area contributed by atoms with E-state index in [1.54, 1.807) is 17.0 Å². The average molecular weight is 287 g/mol. The zero-order chi connectivity index (χ0) is 14.8. The molecule has 1 aliphatic rings. The van der Waals surface area contributed by atoms with E-state index >= 15 is 0 Å². The SMILES string of the molecule is CCCn1c(=O)ccc2c(N3CCN(C)CC3)ncnc21. The third kappa shape index (κ3) is 2.63. The van der Waals surface area contributed by atoms with E-state index < -0.39 is 0 Å². The van der Waals surface area contributed by atoms with Gasteiger partial charge in [0.25, 0.3) is 5.56 Å². The molecule has 0 spiro atoms. The topological polar surface area (TPSA) is 54.3 Å². The molecule has 0 aromatic carbocycles. The number of hydrogen-bond donors (Lipinski definition) is 0. The maximum atomic E-state index is 12.0. The molecule has 6 nitrogen and oxygen atoms in total. The Labute approximate surface area is 124 Å². The summed E-state index contributed by atoms with van der Waals surface area (Å²) in [5, 5.41) is 0.968. The maximum absolute atomic E-state index is 12.0. The summed E-state index contributed by atoms with van der Waals surface area (Å²) >= 11 is 0. The van der Waals surface area contributed by atoms with Crippen LogP contribution in [0.15, 0.2) is 23.3 Å². The lowest BCUT2D eigenvalue weighted by Crippen LogP contribution is -2.45. The van der Waals surface area contributed by atoms with Gasteiger partial charge in [0, 0.05) is 38.8 Å². The highest BCUT2D eigenvalue weighted by Crippen LogP contribution is 2.22. The summed E-state index contributed by atoms with van der Waals surface area (Å²) in [7, 11) is 2.13. The second-order valence-corrected chi connectivity index (χ2v) is 5.55. The molecule has 0 saturated carbocycles. The van der Waals surface area contributed by atoms with Crippen molar-refractivity contribution in [2.45, 2.75) is 19.9 Å². The summed E-state index contributed by atoms with van der Waals surface area (Å²) in [4.78, 5) is 25.4. The summed E-state index contributed by atoms with van der Waals surface area (Å²) in [6.45, 7) is 6.72. The summed E-state index contributed by atoms with van der Waals surface area (Å²) < 4.78 is 1.75. The second kappa shape index (κ2) is 5.81. The molecule has 6 heteroatoms. The highest BCUT2D eigenvalue weighted by atomic mass is 16.1. The monoisotopic (exact) mass is 287 g/mol. The standard InChI is InChI=1S/C15H21N5O/c1-3-6-20-13(21)5-4-12-14(16-11-17-15(12)20)19-9-7-18(2)8-10-19/h4-5,11H,3,6-10H2,1-2H3. The van der Waals surface area contributed by atoms with Gasteiger partial charge in [0.05, 0.1) is 5.39 Å². The minimum atomic E-state index is 0.00683. The van der Waals surface area contributed by atoms with Crippen LogP contribution in [0.5, 0.6) is 0 Å². The lowest BCUT2D eigenvalue weighted by Gasteiger charge is -2.33. The number of fused-ring (bicyclic) bond motifs is 1. The van der Waals surface area contributed by atoms with Crippen molar-refractivity contribution >= 4 is 16.9 Å². The Hall–Kier alpha value is -1.95. The largest absolute Gasteiger partial charge is 0.353 e. The van der Waals surface area contributed by atoms with Crippen molar-refractivity contribution in [3.63, 3.8) is 0 Å². The first kappa shape index (κ1) is 14.0. The second-order valence-electron chi connectivity index (χ2n) is 5.55. The van der Waals surface area contributed by atoms with Gasteiger partial charge in [-0.05, 0) is 19.5 Å². The molecule has 0 unspecified atom stereocenters. The Morgan fingerprint density at radius 1 is 1.14 bits per heavy atom. The summed E-state index contributed by atoms with van der Waals surface area (Å²) in [5.74, 6) is 0.943. The number of nitrogens with zero attached hydrogens (tertiary/aromatic N) is 5. The predicted molar refractivity (Wildman–Crippen MR) is 83.8 cm³/mol. The fourth-order valence-corrected chi connectivity index (χ4v) is 2.80. The van der Waals surface area contributed by atoms with E-state index in [0.29, 0.717) is 6.54 Å². The van der Waals surface area contributed by atoms with Crippen LogP contribution < -0.4 is 10.5 Å². The van der Waals surface area contributed by atoms with Crippen LogP contribution in [0.3, 0.4) is 0 Å². The first-order chi connectivity index (χ1) is 10.2. The molecule has 3 rings (SSSR count). The number of likely N-dealkylation sites (N-methyl/N-ethyl adjacent to an activating group) is 1. The van der Waals surface area contributed by atoms with Crippen molar-refractivity contribution in [3.8, 4) is 0 Å². The van der Waals surface area contributed by atoms with Gasteiger partial charge in [-0.2, -0.15) is 0 Å². The minimum Gasteiger partial charge on any atom is -0.353 e. The van der Waals surface area contributed by atoms with Crippen LogP contribution in [0.2, 0.25) is 0 Å². The van der Waals surface area contributed by atoms with Gasteiger partial charge in [-0.1, -0.05) is 6.92 Å². The molecule has 1 saturated heterocycles. The van der Waals surface area contributed by atoms with Crippen molar-refractivity contribution in [3.05, 3.63) is 28.8 Å². The van der Waals surface area contributed by atoms with Crippen LogP contribution >= 0.6 is 0 Å². The molecule has 2 aromatic heterocycles. The third-order valence-corrected chi connectivity index (χ3v) is 4.01. The predicted octanol–water partition coefficient (Wildman–Crippen LogP) is 0.953. The Kier molecular flexibility index (Phi) is 3.88. The van der Waals surface area contributed by atoms with E-state index in [-0.39, 0.29) is 5.56 Å². The number of aromatic nitrogens is 3. The normalized spacial score (nSPS) is 16.6. The fraction of sp³-hybridized carbons (Fsp3) is 0.533. The van der Waals surface area contributed by atoms with E-state index in [1.165, 1.54) is 0 Å². The Balaban J connectivity index is 2.08. The van der Waals surface area contributed by atoms with Gasteiger partial charge >= 0.3 is 0 Å². The van der Waals surface area contributed by atoms with Crippen molar-refractivity contribution < 1.29 is 0 Å². The lowest BCUT2D eigenvalue weighted by molar-refractivity contribution is 0.312. The molecule has 0 atom stereocenters. The van der Waals surface area contributed by atoms with E-state index in [2.05, 4.69) is 33.7 Å². The summed E-state index contributed by atoms with van der Waals surface area (Å²) in [6.07, 6.45) is 2.48. The molecule has 0 N–H and O–H groups in total. The van der Waals surface area contributed by atoms with Crippen LogP contribution in [0, 0.1) is 0 Å². The Bertz CT molecular complexity index is 688. The van der Waals surface area contributed by atoms with Gasteiger partial charge in [0.1, 0.15) is 17.8 Å². The molecule has 0 amide bonds. The summed E-state index contributed by atoms with van der Waals surface area (Å²) in [5.41, 5.74) is 0.751. The van der Waals surface area contributed by atoms with Gasteiger partial charge in [0.2, 0.25) is 0 Å². The van der Waals surface area contributed by atoms with Crippen LogP contribution in [0.4, 0.5) is 5.82 Å². The van der Waals surface area contributed by atoms with Gasteiger partial charge in [0.15, 0.2) is 0 Å². The molecule has 0 radical (unpaired) electrons. The van der Waals surface area contributed by atoms with Gasteiger partial charge < -0.3 is 9.80 Å². The average Bonchev–Trinajstić information content (AvgIpc) is 2.50. The number of hydrogen-bond acceptors (Lipinski definition) is 5. The number of rotatable bonds is 3. The number of aryl methyl sites for hydroxylation is 1. The smallest absolute Gasteiger partial charge is 0.252 e. The highest BCUT2D eigenvalue weighted by Gasteiger charge is 2.18. The van der Waals surface area contributed by atoms with E-state index in [0.717, 1.165) is 49.5 Å². The van der Waals surface area contributed by atoms with Crippen molar-refractivity contribution in [1.82, 2.24) is 19.4 Å². The lowest BCUT2D eigenvalue weighted by atomic mass is 10.2. The highest BCUT2D eigenvalue weighted by molar-refractivity contribution is 5.87. The maximum Gasteiger partial charge on any atom is 0.252 e. The van der Waals surface area contributed by atoms with Gasteiger partial charge in [-0.3, -0.25) is 9.36 Å². The first-order valence-corrected chi connectivity index (χ1v) is 7.48. The zero-order valence-corrected chi connectivity index (χ0v) is 12.6. The molecule has 21 heavy (non-hydrogen) atoms. The van der Waals surface area contributed by atoms with Gasteiger partial charge in [-0.15, -0.1) is 0 Å². The van der Waals surface area contributed by atoms with Gasteiger partial charge in [-0.25, -0.2) is 9.97 Å². The zero-order valence-electron chi connectivity index (χ0n) is 12.6. The van der Waals surface area contributed by atoms with Crippen LogP contribution in [0.1, 0.15) is 13.3 Å². The molecule has 1 aliphatic heterocycles. The molecule has 2 aromatic rings. The molecule has 0 bridgehead atoms. The Morgan fingerprint density at radius 3 is 2.62 bits per heavy atom. The number of pyridine rings is 1. The van der Waals surface area contributed by atoms with E-state index in [4.69, 9.17) is 0 Å². The van der Waals surface area contributed by atoms with Crippen molar-refractivity contribution in [2.24, 2.45) is 0 Å². The number of anilines is 1. The third-order valence-electron chi connectivity index (χ3n) is 4.01. The quantitative estimate of drug-likeness (QED) is 0.841. The number of piperazine rings is 1. The summed E-state index contributed by atoms with van der Waals surface area (Å²) in [6, 6.07) is 3.48. The van der Waals surface area contributed by atoms with E-state index in [9.17, 15) is 4.79 Å². The van der Waals surface area contributed by atoms with Crippen LogP contribution in [-0.4, -0.2) is 52.7 Å². The molecule has 3 heterocycles. The molecule has 0 aliphatic carbocycles. The Morgan fingerprint density at radius 2 is 1.90 bits per heavy atom. The molecular weight excluding hydrogens is 266 g/mol.